The van der Waals surface area contributed by atoms with Gasteiger partial charge in [-0.15, -0.1) is 5.10 Å². The molecule has 1 aromatic carbocycles. The van der Waals surface area contributed by atoms with Gasteiger partial charge in [0.1, 0.15) is 17.4 Å². The quantitative estimate of drug-likeness (QED) is 0.436. The van der Waals surface area contributed by atoms with Crippen LogP contribution < -0.4 is 5.32 Å². The molecule has 0 saturated carbocycles. The Morgan fingerprint density at radius 2 is 1.97 bits per heavy atom. The van der Waals surface area contributed by atoms with E-state index in [1.54, 1.807) is 39.2 Å². The number of alkyl halides is 4. The Kier molecular flexibility index (Phi) is 5.23. The minimum absolute atomic E-state index is 0.0207. The summed E-state index contributed by atoms with van der Waals surface area (Å²) < 4.78 is 72.2. The van der Waals surface area contributed by atoms with Crippen LogP contribution in [-0.2, 0) is 6.54 Å². The van der Waals surface area contributed by atoms with E-state index >= 15 is 0 Å². The van der Waals surface area contributed by atoms with E-state index in [2.05, 4.69) is 20.4 Å². The first-order valence-electron chi connectivity index (χ1n) is 10.7. The number of hydrogen-bond donors (Lipinski definition) is 1. The average Bonchev–Trinajstić information content (AvgIpc) is 3.36. The van der Waals surface area contributed by atoms with Gasteiger partial charge in [-0.25, -0.2) is 36.4 Å². The topological polar surface area (TPSA) is 63.3 Å². The number of likely N-dealkylation sites (N-methyl/N-ethyl adjacent to an activating group) is 1. The fourth-order valence-corrected chi connectivity index (χ4v) is 4.60. The second-order valence-corrected chi connectivity index (χ2v) is 8.68. The Morgan fingerprint density at radius 1 is 1.21 bits per heavy atom. The molecule has 1 atom stereocenters. The fourth-order valence-electron chi connectivity index (χ4n) is 4.60. The van der Waals surface area contributed by atoms with Crippen molar-refractivity contribution in [1.29, 1.82) is 0 Å². The number of benzene rings is 1. The molecule has 3 aromatic heterocycles. The second kappa shape index (κ2) is 7.90. The molecule has 4 heterocycles. The Labute approximate surface area is 191 Å². The standard InChI is InChI=1S/C22H22F5N7/c1-11-20-14(13-6-15(23)19-16(7-13)33(9-18(24)25)12(2)29-19)4-5-34(20)31-21(28-11)30-17-8-32(3)10-22(17,26)27/h4-7,17-18H,8-10H2,1-3H3,(H,30,31). The van der Waals surface area contributed by atoms with Gasteiger partial charge in [-0.2, -0.15) is 0 Å². The molecule has 1 N–H and O–H groups in total. The third kappa shape index (κ3) is 3.75. The molecule has 4 aromatic rings. The highest BCUT2D eigenvalue weighted by Gasteiger charge is 2.47. The number of aryl methyl sites for hydroxylation is 2. The molecule has 1 unspecified atom stereocenters. The molecule has 1 saturated heterocycles. The van der Waals surface area contributed by atoms with Crippen LogP contribution in [0.5, 0.6) is 0 Å². The number of fused-ring (bicyclic) bond motifs is 2. The molecule has 1 aliphatic rings. The normalized spacial score (nSPS) is 18.6. The van der Waals surface area contributed by atoms with Gasteiger partial charge in [-0.05, 0) is 44.7 Å². The highest BCUT2D eigenvalue weighted by atomic mass is 19.3. The summed E-state index contributed by atoms with van der Waals surface area (Å²) in [6.45, 7) is 2.45. The van der Waals surface area contributed by atoms with Gasteiger partial charge in [0, 0.05) is 18.3 Å². The predicted octanol–water partition coefficient (Wildman–Crippen LogP) is 4.13. The van der Waals surface area contributed by atoms with Crippen molar-refractivity contribution in [3.63, 3.8) is 0 Å². The number of anilines is 1. The number of nitrogens with zero attached hydrogens (tertiary/aromatic N) is 6. The number of aromatic nitrogens is 5. The number of nitrogens with one attached hydrogen (secondary N) is 1. The third-order valence-corrected chi connectivity index (χ3v) is 6.10. The summed E-state index contributed by atoms with van der Waals surface area (Å²) in [5, 5.41) is 7.04. The van der Waals surface area contributed by atoms with Crippen LogP contribution in [0, 0.1) is 19.7 Å². The van der Waals surface area contributed by atoms with Crippen LogP contribution in [0.4, 0.5) is 27.9 Å². The van der Waals surface area contributed by atoms with E-state index in [4.69, 9.17) is 0 Å². The van der Waals surface area contributed by atoms with Crippen molar-refractivity contribution >= 4 is 22.5 Å². The maximum Gasteiger partial charge on any atom is 0.281 e. The van der Waals surface area contributed by atoms with Gasteiger partial charge < -0.3 is 9.88 Å². The first-order valence-corrected chi connectivity index (χ1v) is 10.7. The summed E-state index contributed by atoms with van der Waals surface area (Å²) in [6, 6.07) is 3.47. The van der Waals surface area contributed by atoms with Gasteiger partial charge in [0.2, 0.25) is 5.95 Å². The minimum Gasteiger partial charge on any atom is -0.343 e. The van der Waals surface area contributed by atoms with E-state index in [9.17, 15) is 22.0 Å². The summed E-state index contributed by atoms with van der Waals surface area (Å²) in [6.07, 6.45) is -1.00. The van der Waals surface area contributed by atoms with Gasteiger partial charge in [0.25, 0.3) is 12.3 Å². The summed E-state index contributed by atoms with van der Waals surface area (Å²) >= 11 is 0. The maximum atomic E-state index is 14.9. The molecule has 0 radical (unpaired) electrons. The number of rotatable bonds is 5. The summed E-state index contributed by atoms with van der Waals surface area (Å²) in [5.41, 5.74) is 2.35. The molecule has 1 aliphatic heterocycles. The van der Waals surface area contributed by atoms with Crippen molar-refractivity contribution in [2.24, 2.45) is 0 Å². The lowest BCUT2D eigenvalue weighted by Gasteiger charge is -2.19. The predicted molar refractivity (Wildman–Crippen MR) is 117 cm³/mol. The third-order valence-electron chi connectivity index (χ3n) is 6.10. The molecule has 34 heavy (non-hydrogen) atoms. The van der Waals surface area contributed by atoms with E-state index in [0.717, 1.165) is 0 Å². The molecule has 1 fully saturated rings. The average molecular weight is 479 g/mol. The molecule has 7 nitrogen and oxygen atoms in total. The minimum atomic E-state index is -2.92. The van der Waals surface area contributed by atoms with Gasteiger partial charge in [0.05, 0.1) is 29.8 Å². The van der Waals surface area contributed by atoms with E-state index in [0.29, 0.717) is 22.3 Å². The van der Waals surface area contributed by atoms with Crippen LogP contribution in [0.15, 0.2) is 24.4 Å². The van der Waals surface area contributed by atoms with Crippen molar-refractivity contribution in [2.45, 2.75) is 38.8 Å². The monoisotopic (exact) mass is 479 g/mol. The van der Waals surface area contributed by atoms with Gasteiger partial charge in [0.15, 0.2) is 5.82 Å². The molecule has 0 bridgehead atoms. The Bertz CT molecular complexity index is 1390. The van der Waals surface area contributed by atoms with Gasteiger partial charge in [-0.3, -0.25) is 4.90 Å². The Balaban J connectivity index is 1.56. The molecular formula is C22H22F5N7. The molecule has 0 amide bonds. The van der Waals surface area contributed by atoms with Crippen molar-refractivity contribution in [1.82, 2.24) is 29.0 Å². The van der Waals surface area contributed by atoms with Crippen LogP contribution in [0.25, 0.3) is 27.7 Å². The number of hydrogen-bond acceptors (Lipinski definition) is 5. The zero-order valence-corrected chi connectivity index (χ0v) is 18.7. The van der Waals surface area contributed by atoms with E-state index < -0.39 is 30.8 Å². The maximum absolute atomic E-state index is 14.9. The van der Waals surface area contributed by atoms with Crippen molar-refractivity contribution in [3.05, 3.63) is 41.7 Å². The molecule has 0 spiro atoms. The van der Waals surface area contributed by atoms with Gasteiger partial charge >= 0.3 is 0 Å². The Morgan fingerprint density at radius 3 is 2.65 bits per heavy atom. The SMILES string of the molecule is Cc1nc(NC2CN(C)CC2(F)F)nn2ccc(-c3cc(F)c4nc(C)n(CC(F)F)c4c3)c12. The first kappa shape index (κ1) is 22.5. The van der Waals surface area contributed by atoms with Crippen molar-refractivity contribution in [3.8, 4) is 11.1 Å². The molecule has 180 valence electrons. The lowest BCUT2D eigenvalue weighted by molar-refractivity contribution is 0.00583. The van der Waals surface area contributed by atoms with Crippen LogP contribution in [0.1, 0.15) is 11.5 Å². The van der Waals surface area contributed by atoms with Crippen LogP contribution in [-0.4, -0.2) is 67.6 Å². The van der Waals surface area contributed by atoms with Crippen molar-refractivity contribution in [2.75, 3.05) is 25.5 Å². The molecule has 5 rings (SSSR count). The van der Waals surface area contributed by atoms with Crippen molar-refractivity contribution < 1.29 is 22.0 Å². The van der Waals surface area contributed by atoms with Crippen LogP contribution in [0.3, 0.4) is 0 Å². The summed E-state index contributed by atoms with van der Waals surface area (Å²) in [5.74, 6) is -3.21. The molecule has 12 heteroatoms. The molecule has 0 aliphatic carbocycles. The highest BCUT2D eigenvalue weighted by Crippen LogP contribution is 2.33. The number of halogens is 5. The zero-order chi connectivity index (χ0) is 24.4. The lowest BCUT2D eigenvalue weighted by Crippen LogP contribution is -2.38. The highest BCUT2D eigenvalue weighted by molar-refractivity contribution is 5.89. The van der Waals surface area contributed by atoms with E-state index in [1.165, 1.54) is 20.0 Å². The molecular weight excluding hydrogens is 457 g/mol. The summed E-state index contributed by atoms with van der Waals surface area (Å²) in [4.78, 5) is 9.98. The van der Waals surface area contributed by atoms with E-state index in [1.807, 2.05) is 0 Å². The summed E-state index contributed by atoms with van der Waals surface area (Å²) in [7, 11) is 1.62. The van der Waals surface area contributed by atoms with Gasteiger partial charge in [-0.1, -0.05) is 0 Å². The Hall–Kier alpha value is -3.28. The zero-order valence-electron chi connectivity index (χ0n) is 18.7. The number of likely N-dealkylation sites (tertiary alicyclic amines) is 1. The fraction of sp³-hybridized carbons (Fsp3) is 0.409. The van der Waals surface area contributed by atoms with Crippen LogP contribution >= 0.6 is 0 Å². The van der Waals surface area contributed by atoms with Crippen LogP contribution in [0.2, 0.25) is 0 Å². The first-order chi connectivity index (χ1) is 16.0. The smallest absolute Gasteiger partial charge is 0.281 e. The number of imidazole rings is 1. The van der Waals surface area contributed by atoms with E-state index in [-0.39, 0.29) is 35.9 Å². The largest absolute Gasteiger partial charge is 0.343 e. The lowest BCUT2D eigenvalue weighted by atomic mass is 10.1. The second-order valence-electron chi connectivity index (χ2n) is 8.68.